The highest BCUT2D eigenvalue weighted by molar-refractivity contribution is 6.30. The molecule has 0 unspecified atom stereocenters. The fourth-order valence-electron chi connectivity index (χ4n) is 5.87. The van der Waals surface area contributed by atoms with Crippen LogP contribution in [0, 0.1) is 11.6 Å². The van der Waals surface area contributed by atoms with E-state index in [-0.39, 0.29) is 35.4 Å². The lowest BCUT2D eigenvalue weighted by atomic mass is 10.2. The van der Waals surface area contributed by atoms with Gasteiger partial charge in [0.1, 0.15) is 17.3 Å². The largest absolute Gasteiger partial charge is 0.348 e. The van der Waals surface area contributed by atoms with Crippen molar-refractivity contribution in [1.29, 1.82) is 0 Å². The number of nitrogens with one attached hydrogen (secondary N) is 1. The van der Waals surface area contributed by atoms with Crippen LogP contribution in [0.5, 0.6) is 0 Å². The lowest BCUT2D eigenvalue weighted by Crippen LogP contribution is -2.52. The molecule has 0 saturated carbocycles. The number of hydrogen-bond acceptors (Lipinski definition) is 6. The van der Waals surface area contributed by atoms with Gasteiger partial charge in [-0.1, -0.05) is 17.7 Å². The van der Waals surface area contributed by atoms with Gasteiger partial charge in [-0.15, -0.1) is 0 Å². The second kappa shape index (κ2) is 8.99. The van der Waals surface area contributed by atoms with Crippen LogP contribution >= 0.6 is 11.6 Å². The Bertz CT molecular complexity index is 1860. The molecule has 1 N–H and O–H groups in total. The van der Waals surface area contributed by atoms with Crippen molar-refractivity contribution in [3.8, 4) is 5.82 Å². The maximum atomic E-state index is 14.3. The first-order valence-corrected chi connectivity index (χ1v) is 13.0. The van der Waals surface area contributed by atoms with Gasteiger partial charge in [0.2, 0.25) is 0 Å². The molecule has 0 radical (unpaired) electrons. The average Bonchev–Trinajstić information content (AvgIpc) is 3.46. The minimum Gasteiger partial charge on any atom is -0.348 e. The molecule has 2 fully saturated rings. The number of hydrogen-bond donors (Lipinski definition) is 1. The molecule has 198 valence electrons. The van der Waals surface area contributed by atoms with Gasteiger partial charge in [0.15, 0.2) is 11.6 Å². The third-order valence-corrected chi connectivity index (χ3v) is 7.94. The summed E-state index contributed by atoms with van der Waals surface area (Å²) in [7, 11) is 0. The lowest BCUT2D eigenvalue weighted by Gasteiger charge is -2.36. The molecule has 2 saturated heterocycles. The SMILES string of the molecule is O=c1c2cnc(N3[C@@H]4CC[C@H]3CNC4)cc2n(Cc2cc(F)c(F)c(Cl)c2)c(=O)n1-c1cnc2ccccn12. The first-order chi connectivity index (χ1) is 18.9. The summed E-state index contributed by atoms with van der Waals surface area (Å²) < 4.78 is 32.2. The third-order valence-electron chi connectivity index (χ3n) is 7.67. The van der Waals surface area contributed by atoms with E-state index in [0.717, 1.165) is 36.6 Å². The van der Waals surface area contributed by atoms with Gasteiger partial charge in [0.05, 0.1) is 28.7 Å². The summed E-state index contributed by atoms with van der Waals surface area (Å²) in [4.78, 5) is 39.1. The van der Waals surface area contributed by atoms with Crippen molar-refractivity contribution < 1.29 is 8.78 Å². The van der Waals surface area contributed by atoms with E-state index in [4.69, 9.17) is 11.6 Å². The van der Waals surface area contributed by atoms with Gasteiger partial charge < -0.3 is 10.2 Å². The topological polar surface area (TPSA) is 89.5 Å². The highest BCUT2D eigenvalue weighted by atomic mass is 35.5. The third kappa shape index (κ3) is 3.75. The minimum atomic E-state index is -1.16. The molecular formula is C27H22ClF2N7O2. The molecule has 4 aromatic heterocycles. The van der Waals surface area contributed by atoms with Crippen molar-refractivity contribution in [2.24, 2.45) is 0 Å². The number of benzene rings is 1. The second-order valence-electron chi connectivity index (χ2n) is 9.94. The quantitative estimate of drug-likeness (QED) is 0.347. The minimum absolute atomic E-state index is 0.152. The number of piperazine rings is 1. The molecule has 6 heterocycles. The zero-order valence-corrected chi connectivity index (χ0v) is 21.3. The van der Waals surface area contributed by atoms with E-state index < -0.39 is 27.9 Å². The Morgan fingerprint density at radius 1 is 1.03 bits per heavy atom. The molecule has 12 heteroatoms. The van der Waals surface area contributed by atoms with Crippen LogP contribution in [0.4, 0.5) is 14.6 Å². The summed E-state index contributed by atoms with van der Waals surface area (Å²) >= 11 is 5.92. The van der Waals surface area contributed by atoms with Gasteiger partial charge in [-0.3, -0.25) is 13.8 Å². The van der Waals surface area contributed by atoms with Crippen LogP contribution in [-0.4, -0.2) is 48.7 Å². The zero-order chi connectivity index (χ0) is 26.8. The summed E-state index contributed by atoms with van der Waals surface area (Å²) in [6.07, 6.45) is 6.68. The molecule has 0 amide bonds. The maximum absolute atomic E-state index is 14.3. The average molecular weight is 550 g/mol. The number of anilines is 1. The summed E-state index contributed by atoms with van der Waals surface area (Å²) in [5.74, 6) is -1.36. The van der Waals surface area contributed by atoms with Gasteiger partial charge in [0.25, 0.3) is 5.56 Å². The second-order valence-corrected chi connectivity index (χ2v) is 10.3. The highest BCUT2D eigenvalue weighted by Gasteiger charge is 2.37. The summed E-state index contributed by atoms with van der Waals surface area (Å²) in [5.41, 5.74) is -0.0346. The van der Waals surface area contributed by atoms with Gasteiger partial charge >= 0.3 is 5.69 Å². The van der Waals surface area contributed by atoms with Crippen LogP contribution in [-0.2, 0) is 6.54 Å². The molecule has 9 nitrogen and oxygen atoms in total. The number of rotatable bonds is 4. The predicted molar refractivity (Wildman–Crippen MR) is 143 cm³/mol. The number of halogens is 3. The Kier molecular flexibility index (Phi) is 5.53. The molecule has 2 aliphatic rings. The fraction of sp³-hybridized carbons (Fsp3) is 0.259. The van der Waals surface area contributed by atoms with E-state index in [1.807, 2.05) is 0 Å². The zero-order valence-electron chi connectivity index (χ0n) is 20.5. The number of fused-ring (bicyclic) bond motifs is 4. The number of aromatic nitrogens is 5. The van der Waals surface area contributed by atoms with Crippen molar-refractivity contribution in [3.05, 3.63) is 98.0 Å². The molecule has 39 heavy (non-hydrogen) atoms. The van der Waals surface area contributed by atoms with E-state index in [1.165, 1.54) is 23.0 Å². The van der Waals surface area contributed by atoms with Crippen molar-refractivity contribution in [2.45, 2.75) is 31.5 Å². The van der Waals surface area contributed by atoms with E-state index >= 15 is 0 Å². The first kappa shape index (κ1) is 24.0. The molecule has 7 rings (SSSR count). The van der Waals surface area contributed by atoms with Crippen LogP contribution in [0.3, 0.4) is 0 Å². The van der Waals surface area contributed by atoms with Gasteiger partial charge in [-0.05, 0) is 42.7 Å². The number of nitrogens with zero attached hydrogens (tertiary/aromatic N) is 6. The molecule has 0 aliphatic carbocycles. The van der Waals surface area contributed by atoms with Gasteiger partial charge in [-0.2, -0.15) is 0 Å². The van der Waals surface area contributed by atoms with Crippen molar-refractivity contribution >= 4 is 34.0 Å². The smallest absolute Gasteiger partial charge is 0.337 e. The Hall–Kier alpha value is -4.09. The Morgan fingerprint density at radius 2 is 1.82 bits per heavy atom. The van der Waals surface area contributed by atoms with Gasteiger partial charge in [0, 0.05) is 43.6 Å². The first-order valence-electron chi connectivity index (χ1n) is 12.6. The molecule has 2 atom stereocenters. The van der Waals surface area contributed by atoms with E-state index in [2.05, 4.69) is 20.2 Å². The summed E-state index contributed by atoms with van der Waals surface area (Å²) in [6, 6.07) is 9.87. The Labute approximate surface area is 224 Å². The number of pyridine rings is 2. The van der Waals surface area contributed by atoms with Crippen molar-refractivity contribution in [1.82, 2.24) is 28.8 Å². The van der Waals surface area contributed by atoms with Crippen LogP contribution in [0.25, 0.3) is 22.4 Å². The van der Waals surface area contributed by atoms with E-state index in [1.54, 1.807) is 34.9 Å². The predicted octanol–water partition coefficient (Wildman–Crippen LogP) is 3.12. The van der Waals surface area contributed by atoms with Gasteiger partial charge in [-0.25, -0.2) is 28.1 Å². The molecule has 1 aromatic carbocycles. The van der Waals surface area contributed by atoms with Crippen LogP contribution in [0.2, 0.25) is 5.02 Å². The fourth-order valence-corrected chi connectivity index (χ4v) is 6.10. The van der Waals surface area contributed by atoms with E-state index in [9.17, 15) is 18.4 Å². The highest BCUT2D eigenvalue weighted by Crippen LogP contribution is 2.32. The molecule has 2 aliphatic heterocycles. The molecule has 5 aromatic rings. The summed E-state index contributed by atoms with van der Waals surface area (Å²) in [5, 5.41) is 3.25. The molecule has 0 spiro atoms. The monoisotopic (exact) mass is 549 g/mol. The van der Waals surface area contributed by atoms with Crippen LogP contribution < -0.4 is 21.5 Å². The van der Waals surface area contributed by atoms with Crippen LogP contribution in [0.1, 0.15) is 18.4 Å². The van der Waals surface area contributed by atoms with E-state index in [0.29, 0.717) is 17.0 Å². The summed E-state index contributed by atoms with van der Waals surface area (Å²) in [6.45, 7) is 1.50. The maximum Gasteiger partial charge on any atom is 0.337 e. The standard InChI is InChI=1S/C27H22ClF2N7O2/c28-19-7-15(8-20(29)25(19)30)14-35-21-9-23(36-16-4-5-17(36)11-31-10-16)32-12-18(21)26(38)37(27(35)39)24-13-33-22-3-1-2-6-34(22)24/h1-3,6-9,12-13,16-17,31H,4-5,10-11,14H2/t16-,17+. The Balaban J connectivity index is 1.48. The van der Waals surface area contributed by atoms with Crippen LogP contribution in [0.15, 0.2) is 64.6 Å². The lowest BCUT2D eigenvalue weighted by molar-refractivity contribution is 0.481. The normalized spacial score (nSPS) is 18.9. The number of imidazole rings is 1. The Morgan fingerprint density at radius 3 is 2.59 bits per heavy atom. The van der Waals surface area contributed by atoms with Crippen molar-refractivity contribution in [2.75, 3.05) is 18.0 Å². The molecule has 2 bridgehead atoms. The molecular weight excluding hydrogens is 528 g/mol. The van der Waals surface area contributed by atoms with Crippen molar-refractivity contribution in [3.63, 3.8) is 0 Å².